The van der Waals surface area contributed by atoms with Crippen LogP contribution in [0.25, 0.3) is 0 Å². The van der Waals surface area contributed by atoms with Crippen LogP contribution in [0.15, 0.2) is 10.6 Å². The number of carbonyl (C=O) groups excluding carboxylic acids is 1. The lowest BCUT2D eigenvalue weighted by molar-refractivity contribution is -0.126. The first-order valence-corrected chi connectivity index (χ1v) is 7.15. The van der Waals surface area contributed by atoms with Gasteiger partial charge in [0, 0.05) is 24.6 Å². The maximum atomic E-state index is 12.0. The number of carbonyl (C=O) groups is 1. The molecule has 1 N–H and O–H groups in total. The summed E-state index contributed by atoms with van der Waals surface area (Å²) in [6.45, 7) is 4.67. The molecule has 19 heavy (non-hydrogen) atoms. The lowest BCUT2D eigenvalue weighted by atomic mass is 9.96. The summed E-state index contributed by atoms with van der Waals surface area (Å²) in [7, 11) is 0. The summed E-state index contributed by atoms with van der Waals surface area (Å²) in [6.07, 6.45) is 4.23. The molecule has 104 valence electrons. The fourth-order valence-electron chi connectivity index (χ4n) is 2.62. The second-order valence-electron chi connectivity index (χ2n) is 5.76. The van der Waals surface area contributed by atoms with Gasteiger partial charge in [0.15, 0.2) is 0 Å². The minimum atomic E-state index is 0.205. The molecule has 0 bridgehead atoms. The van der Waals surface area contributed by atoms with E-state index in [1.54, 1.807) is 0 Å². The van der Waals surface area contributed by atoms with E-state index >= 15 is 0 Å². The van der Waals surface area contributed by atoms with Gasteiger partial charge >= 0.3 is 0 Å². The van der Waals surface area contributed by atoms with Crippen LogP contribution in [0.5, 0.6) is 0 Å². The zero-order valence-electron chi connectivity index (χ0n) is 11.4. The van der Waals surface area contributed by atoms with E-state index in [0.717, 1.165) is 56.8 Å². The van der Waals surface area contributed by atoms with Crippen LogP contribution >= 0.6 is 0 Å². The van der Waals surface area contributed by atoms with Crippen LogP contribution in [0.4, 0.5) is 0 Å². The SMILES string of the molecule is Cc1cc(CN2CCC(C(=O)NC3CC3)CC2)no1. The number of nitrogens with zero attached hydrogens (tertiary/aromatic N) is 2. The first kappa shape index (κ1) is 12.7. The molecule has 2 heterocycles. The van der Waals surface area contributed by atoms with Gasteiger partial charge < -0.3 is 9.84 Å². The molecule has 1 aromatic rings. The van der Waals surface area contributed by atoms with Crippen molar-refractivity contribution >= 4 is 5.91 Å². The van der Waals surface area contributed by atoms with Gasteiger partial charge in [0.05, 0.1) is 5.69 Å². The number of likely N-dealkylation sites (tertiary alicyclic amines) is 1. The lowest BCUT2D eigenvalue weighted by Gasteiger charge is -2.30. The van der Waals surface area contributed by atoms with E-state index < -0.39 is 0 Å². The first-order chi connectivity index (χ1) is 9.20. The molecule has 0 aromatic carbocycles. The van der Waals surface area contributed by atoms with E-state index in [2.05, 4.69) is 15.4 Å². The Kier molecular flexibility index (Phi) is 3.55. The summed E-state index contributed by atoms with van der Waals surface area (Å²) in [4.78, 5) is 14.3. The maximum Gasteiger partial charge on any atom is 0.223 e. The number of piperidine rings is 1. The van der Waals surface area contributed by atoms with Crippen molar-refractivity contribution in [1.82, 2.24) is 15.4 Å². The average molecular weight is 263 g/mol. The normalized spacial score (nSPS) is 21.5. The van der Waals surface area contributed by atoms with Crippen LogP contribution in [0.3, 0.4) is 0 Å². The summed E-state index contributed by atoms with van der Waals surface area (Å²) < 4.78 is 5.08. The Morgan fingerprint density at radius 2 is 2.16 bits per heavy atom. The Morgan fingerprint density at radius 3 is 2.74 bits per heavy atom. The zero-order chi connectivity index (χ0) is 13.2. The topological polar surface area (TPSA) is 58.4 Å². The Balaban J connectivity index is 1.44. The largest absolute Gasteiger partial charge is 0.361 e. The molecule has 0 unspecified atom stereocenters. The zero-order valence-corrected chi connectivity index (χ0v) is 11.4. The van der Waals surface area contributed by atoms with Crippen LogP contribution in [0.1, 0.15) is 37.1 Å². The van der Waals surface area contributed by atoms with E-state index in [1.807, 2.05) is 13.0 Å². The molecule has 1 aromatic heterocycles. The highest BCUT2D eigenvalue weighted by Crippen LogP contribution is 2.23. The van der Waals surface area contributed by atoms with Crippen molar-refractivity contribution in [2.75, 3.05) is 13.1 Å². The summed E-state index contributed by atoms with van der Waals surface area (Å²) in [5.74, 6) is 1.32. The van der Waals surface area contributed by atoms with E-state index in [9.17, 15) is 4.79 Å². The van der Waals surface area contributed by atoms with Gasteiger partial charge in [-0.1, -0.05) is 5.16 Å². The molecule has 1 saturated heterocycles. The molecule has 1 aliphatic heterocycles. The van der Waals surface area contributed by atoms with E-state index in [-0.39, 0.29) is 11.8 Å². The Bertz CT molecular complexity index is 445. The van der Waals surface area contributed by atoms with Gasteiger partial charge in [-0.15, -0.1) is 0 Å². The molecule has 1 aliphatic carbocycles. The second kappa shape index (κ2) is 5.33. The van der Waals surface area contributed by atoms with Gasteiger partial charge in [0.2, 0.25) is 5.91 Å². The molecule has 0 atom stereocenters. The quantitative estimate of drug-likeness (QED) is 0.893. The van der Waals surface area contributed by atoms with Crippen molar-refractivity contribution in [1.29, 1.82) is 0 Å². The summed E-state index contributed by atoms with van der Waals surface area (Å²) in [5, 5.41) is 7.12. The molecular formula is C14H21N3O2. The predicted molar refractivity (Wildman–Crippen MR) is 70.4 cm³/mol. The molecule has 1 saturated carbocycles. The van der Waals surface area contributed by atoms with Crippen molar-refractivity contribution in [3.63, 3.8) is 0 Å². The number of hydrogen-bond acceptors (Lipinski definition) is 4. The third-order valence-corrected chi connectivity index (χ3v) is 3.94. The predicted octanol–water partition coefficient (Wildman–Crippen LogP) is 1.47. The fourth-order valence-corrected chi connectivity index (χ4v) is 2.62. The van der Waals surface area contributed by atoms with Crippen LogP contribution in [0.2, 0.25) is 0 Å². The summed E-state index contributed by atoms with van der Waals surface area (Å²) in [5.41, 5.74) is 0.985. The summed E-state index contributed by atoms with van der Waals surface area (Å²) >= 11 is 0. The minimum absolute atomic E-state index is 0.205. The average Bonchev–Trinajstić information content (AvgIpc) is 3.12. The van der Waals surface area contributed by atoms with E-state index in [4.69, 9.17) is 4.52 Å². The van der Waals surface area contributed by atoms with Crippen molar-refractivity contribution in [2.24, 2.45) is 5.92 Å². The van der Waals surface area contributed by atoms with Gasteiger partial charge in [-0.25, -0.2) is 0 Å². The number of rotatable bonds is 4. The molecule has 2 aliphatic rings. The molecule has 5 heteroatoms. The lowest BCUT2D eigenvalue weighted by Crippen LogP contribution is -2.40. The number of amides is 1. The Labute approximate surface area is 113 Å². The van der Waals surface area contributed by atoms with Gasteiger partial charge in [-0.05, 0) is 45.7 Å². The second-order valence-corrected chi connectivity index (χ2v) is 5.76. The maximum absolute atomic E-state index is 12.0. The van der Waals surface area contributed by atoms with Crippen molar-refractivity contribution in [2.45, 2.75) is 45.2 Å². The van der Waals surface area contributed by atoms with Crippen LogP contribution in [0, 0.1) is 12.8 Å². The highest BCUT2D eigenvalue weighted by atomic mass is 16.5. The smallest absolute Gasteiger partial charge is 0.223 e. The van der Waals surface area contributed by atoms with Crippen molar-refractivity contribution in [3.05, 3.63) is 17.5 Å². The molecule has 1 amide bonds. The van der Waals surface area contributed by atoms with Gasteiger partial charge in [-0.3, -0.25) is 9.69 Å². The third-order valence-electron chi connectivity index (χ3n) is 3.94. The molecule has 5 nitrogen and oxygen atoms in total. The Hall–Kier alpha value is -1.36. The van der Waals surface area contributed by atoms with E-state index in [0.29, 0.717) is 6.04 Å². The minimum Gasteiger partial charge on any atom is -0.361 e. The molecular weight excluding hydrogens is 242 g/mol. The Morgan fingerprint density at radius 1 is 1.42 bits per heavy atom. The first-order valence-electron chi connectivity index (χ1n) is 7.15. The monoisotopic (exact) mass is 263 g/mol. The van der Waals surface area contributed by atoms with Crippen molar-refractivity contribution in [3.8, 4) is 0 Å². The highest BCUT2D eigenvalue weighted by Gasteiger charge is 2.29. The molecule has 0 spiro atoms. The third kappa shape index (κ3) is 3.35. The van der Waals surface area contributed by atoms with Gasteiger partial charge in [0.1, 0.15) is 5.76 Å². The van der Waals surface area contributed by atoms with Crippen LogP contribution in [-0.4, -0.2) is 35.1 Å². The van der Waals surface area contributed by atoms with E-state index in [1.165, 1.54) is 0 Å². The van der Waals surface area contributed by atoms with Gasteiger partial charge in [0.25, 0.3) is 0 Å². The van der Waals surface area contributed by atoms with Crippen LogP contribution in [-0.2, 0) is 11.3 Å². The number of aryl methyl sites for hydroxylation is 1. The summed E-state index contributed by atoms with van der Waals surface area (Å²) in [6, 6.07) is 2.45. The molecule has 2 fully saturated rings. The number of nitrogens with one attached hydrogen (secondary N) is 1. The molecule has 3 rings (SSSR count). The number of aromatic nitrogens is 1. The van der Waals surface area contributed by atoms with Crippen LogP contribution < -0.4 is 5.32 Å². The standard InChI is InChI=1S/C14H21N3O2/c1-10-8-13(16-19-10)9-17-6-4-11(5-7-17)14(18)15-12-2-3-12/h8,11-12H,2-7,9H2,1H3,(H,15,18). The fraction of sp³-hybridized carbons (Fsp3) is 0.714. The molecule has 0 radical (unpaired) electrons. The highest BCUT2D eigenvalue weighted by molar-refractivity contribution is 5.79. The van der Waals surface area contributed by atoms with Gasteiger partial charge in [-0.2, -0.15) is 0 Å². The van der Waals surface area contributed by atoms with Crippen molar-refractivity contribution < 1.29 is 9.32 Å². The number of hydrogen-bond donors (Lipinski definition) is 1.